The number of aromatic nitrogens is 1. The lowest BCUT2D eigenvalue weighted by Gasteiger charge is -2.35. The number of carboxylic acids is 1. The molecule has 2 aromatic rings. The van der Waals surface area contributed by atoms with Crippen LogP contribution in [0.25, 0.3) is 0 Å². The molecule has 4 nitrogen and oxygen atoms in total. The van der Waals surface area contributed by atoms with E-state index in [1.807, 2.05) is 0 Å². The topological polar surface area (TPSA) is 53.4 Å². The summed E-state index contributed by atoms with van der Waals surface area (Å²) in [6.45, 7) is 5.97. The number of aryl methyl sites for hydroxylation is 1. The van der Waals surface area contributed by atoms with Gasteiger partial charge in [0.15, 0.2) is 0 Å². The van der Waals surface area contributed by atoms with Gasteiger partial charge in [0.1, 0.15) is 0 Å². The number of rotatable bonds is 5. The lowest BCUT2D eigenvalue weighted by atomic mass is 9.89. The van der Waals surface area contributed by atoms with Gasteiger partial charge in [-0.15, -0.1) is 0 Å². The van der Waals surface area contributed by atoms with Gasteiger partial charge in [0.25, 0.3) is 0 Å². The molecule has 0 bridgehead atoms. The first-order valence-corrected chi connectivity index (χ1v) is 8.46. The number of pyridine rings is 1. The Labute approximate surface area is 143 Å². The molecule has 4 heteroatoms. The van der Waals surface area contributed by atoms with Crippen LogP contribution in [0.4, 0.5) is 0 Å². The highest BCUT2D eigenvalue weighted by Crippen LogP contribution is 2.34. The van der Waals surface area contributed by atoms with E-state index in [-0.39, 0.29) is 5.54 Å². The van der Waals surface area contributed by atoms with Crippen LogP contribution in [0.5, 0.6) is 0 Å². The molecular weight excluding hydrogens is 300 g/mol. The number of likely N-dealkylation sites (tertiary alicyclic amines) is 1. The molecule has 1 N–H and O–H groups in total. The Balaban J connectivity index is 1.81. The summed E-state index contributed by atoms with van der Waals surface area (Å²) in [6, 6.07) is 12.0. The summed E-state index contributed by atoms with van der Waals surface area (Å²) in [6.07, 6.45) is 4.91. The van der Waals surface area contributed by atoms with Crippen molar-refractivity contribution < 1.29 is 9.90 Å². The molecule has 0 aliphatic carbocycles. The SMILES string of the molecule is Cc1cccc(CC2(C)CCCN2Cc2ncccc2C(=O)O)c1. The first-order valence-electron chi connectivity index (χ1n) is 8.46. The normalized spacial score (nSPS) is 21.1. The first-order chi connectivity index (χ1) is 11.5. The molecule has 0 amide bonds. The highest BCUT2D eigenvalue weighted by atomic mass is 16.4. The summed E-state index contributed by atoms with van der Waals surface area (Å²) in [5.41, 5.74) is 3.62. The molecule has 126 valence electrons. The molecule has 0 radical (unpaired) electrons. The Hall–Kier alpha value is -2.20. The maximum Gasteiger partial charge on any atom is 0.337 e. The maximum atomic E-state index is 11.4. The Bertz CT molecular complexity index is 744. The minimum atomic E-state index is -0.905. The van der Waals surface area contributed by atoms with Gasteiger partial charge in [-0.3, -0.25) is 9.88 Å². The van der Waals surface area contributed by atoms with Crippen molar-refractivity contribution in [3.63, 3.8) is 0 Å². The Morgan fingerprint density at radius 3 is 2.92 bits per heavy atom. The van der Waals surface area contributed by atoms with E-state index in [1.165, 1.54) is 11.1 Å². The molecule has 3 rings (SSSR count). The predicted octanol–water partition coefficient (Wildman–Crippen LogP) is 3.69. The minimum Gasteiger partial charge on any atom is -0.478 e. The second-order valence-electron chi connectivity index (χ2n) is 6.99. The fraction of sp³-hybridized carbons (Fsp3) is 0.400. The van der Waals surface area contributed by atoms with Crippen molar-refractivity contribution in [1.82, 2.24) is 9.88 Å². The average Bonchev–Trinajstić information content (AvgIpc) is 2.88. The zero-order valence-electron chi connectivity index (χ0n) is 14.3. The Morgan fingerprint density at radius 2 is 2.17 bits per heavy atom. The second-order valence-corrected chi connectivity index (χ2v) is 6.99. The largest absolute Gasteiger partial charge is 0.478 e. The van der Waals surface area contributed by atoms with Gasteiger partial charge in [-0.25, -0.2) is 4.79 Å². The van der Waals surface area contributed by atoms with Crippen molar-refractivity contribution in [2.24, 2.45) is 0 Å². The smallest absolute Gasteiger partial charge is 0.337 e. The number of carbonyl (C=O) groups is 1. The van der Waals surface area contributed by atoms with Crippen molar-refractivity contribution in [2.45, 2.75) is 45.2 Å². The number of hydrogen-bond acceptors (Lipinski definition) is 3. The number of benzene rings is 1. The quantitative estimate of drug-likeness (QED) is 0.911. The highest BCUT2D eigenvalue weighted by molar-refractivity contribution is 5.88. The molecule has 2 heterocycles. The minimum absolute atomic E-state index is 0.0427. The fourth-order valence-electron chi connectivity index (χ4n) is 3.75. The summed E-state index contributed by atoms with van der Waals surface area (Å²) < 4.78 is 0. The number of aromatic carboxylic acids is 1. The molecule has 0 spiro atoms. The molecular formula is C20H24N2O2. The van der Waals surface area contributed by atoms with E-state index in [1.54, 1.807) is 18.3 Å². The second kappa shape index (κ2) is 6.73. The van der Waals surface area contributed by atoms with Gasteiger partial charge in [0.2, 0.25) is 0 Å². The van der Waals surface area contributed by atoms with Gasteiger partial charge in [-0.2, -0.15) is 0 Å². The van der Waals surface area contributed by atoms with Crippen molar-refractivity contribution in [3.05, 3.63) is 65.0 Å². The van der Waals surface area contributed by atoms with Crippen LogP contribution in [0.1, 0.15) is 46.9 Å². The van der Waals surface area contributed by atoms with Gasteiger partial charge in [-0.1, -0.05) is 29.8 Å². The van der Waals surface area contributed by atoms with Crippen molar-refractivity contribution >= 4 is 5.97 Å². The van der Waals surface area contributed by atoms with E-state index in [9.17, 15) is 9.90 Å². The van der Waals surface area contributed by atoms with Crippen molar-refractivity contribution in [2.75, 3.05) is 6.54 Å². The summed E-state index contributed by atoms with van der Waals surface area (Å²) >= 11 is 0. The third-order valence-corrected chi connectivity index (χ3v) is 5.04. The van der Waals surface area contributed by atoms with E-state index in [4.69, 9.17) is 0 Å². The first kappa shape index (κ1) is 16.7. The molecule has 1 aromatic heterocycles. The van der Waals surface area contributed by atoms with Crippen LogP contribution in [0.3, 0.4) is 0 Å². The summed E-state index contributed by atoms with van der Waals surface area (Å²) in [4.78, 5) is 18.1. The molecule has 24 heavy (non-hydrogen) atoms. The van der Waals surface area contributed by atoms with Crippen LogP contribution >= 0.6 is 0 Å². The average molecular weight is 324 g/mol. The molecule has 1 atom stereocenters. The van der Waals surface area contributed by atoms with Crippen LogP contribution < -0.4 is 0 Å². The van der Waals surface area contributed by atoms with Crippen LogP contribution in [0.15, 0.2) is 42.6 Å². The molecule has 1 aliphatic rings. The van der Waals surface area contributed by atoms with Gasteiger partial charge in [-0.05, 0) is 57.4 Å². The summed E-state index contributed by atoms with van der Waals surface area (Å²) in [7, 11) is 0. The lowest BCUT2D eigenvalue weighted by Crippen LogP contribution is -2.42. The van der Waals surface area contributed by atoms with Gasteiger partial charge in [0.05, 0.1) is 11.3 Å². The van der Waals surface area contributed by atoms with Crippen LogP contribution in [0, 0.1) is 6.92 Å². The molecule has 1 aliphatic heterocycles. The lowest BCUT2D eigenvalue weighted by molar-refractivity contribution is 0.0691. The van der Waals surface area contributed by atoms with E-state index in [0.717, 1.165) is 25.8 Å². The van der Waals surface area contributed by atoms with Gasteiger partial charge in [0, 0.05) is 18.3 Å². The van der Waals surface area contributed by atoms with Crippen molar-refractivity contribution in [1.29, 1.82) is 0 Å². The van der Waals surface area contributed by atoms with Crippen LogP contribution in [0.2, 0.25) is 0 Å². The standard InChI is InChI=1S/C20H24N2O2/c1-15-6-3-7-16(12-15)13-20(2)9-5-11-22(20)14-18-17(19(23)24)8-4-10-21-18/h3-4,6-8,10,12H,5,9,11,13-14H2,1-2H3,(H,23,24). The Morgan fingerprint density at radius 1 is 1.33 bits per heavy atom. The molecule has 1 aromatic carbocycles. The highest BCUT2D eigenvalue weighted by Gasteiger charge is 2.37. The van der Waals surface area contributed by atoms with Crippen LogP contribution in [-0.4, -0.2) is 33.0 Å². The third-order valence-electron chi connectivity index (χ3n) is 5.04. The van der Waals surface area contributed by atoms with Crippen molar-refractivity contribution in [3.8, 4) is 0 Å². The number of carboxylic acid groups (broad SMARTS) is 1. The van der Waals surface area contributed by atoms with E-state index in [0.29, 0.717) is 17.8 Å². The molecule has 1 fully saturated rings. The van der Waals surface area contributed by atoms with E-state index >= 15 is 0 Å². The maximum absolute atomic E-state index is 11.4. The number of nitrogens with zero attached hydrogens (tertiary/aromatic N) is 2. The summed E-state index contributed by atoms with van der Waals surface area (Å²) in [5.74, 6) is -0.905. The van der Waals surface area contributed by atoms with E-state index in [2.05, 4.69) is 48.0 Å². The number of hydrogen-bond donors (Lipinski definition) is 1. The fourth-order valence-corrected chi connectivity index (χ4v) is 3.75. The summed E-state index contributed by atoms with van der Waals surface area (Å²) in [5, 5.41) is 9.38. The third kappa shape index (κ3) is 3.49. The van der Waals surface area contributed by atoms with Gasteiger partial charge >= 0.3 is 5.97 Å². The van der Waals surface area contributed by atoms with Gasteiger partial charge < -0.3 is 5.11 Å². The predicted molar refractivity (Wildman–Crippen MR) is 94.1 cm³/mol. The van der Waals surface area contributed by atoms with Crippen LogP contribution in [-0.2, 0) is 13.0 Å². The zero-order chi connectivity index (χ0) is 17.2. The molecule has 1 unspecified atom stereocenters. The molecule has 0 saturated carbocycles. The monoisotopic (exact) mass is 324 g/mol. The Kier molecular flexibility index (Phi) is 4.67. The van der Waals surface area contributed by atoms with E-state index < -0.39 is 5.97 Å². The molecule has 1 saturated heterocycles. The zero-order valence-corrected chi connectivity index (χ0v) is 14.3.